The van der Waals surface area contributed by atoms with Gasteiger partial charge in [-0.15, -0.1) is 0 Å². The molecule has 0 aromatic rings. The summed E-state index contributed by atoms with van der Waals surface area (Å²) in [7, 11) is 0. The van der Waals surface area contributed by atoms with E-state index < -0.39 is 0 Å². The van der Waals surface area contributed by atoms with Crippen molar-refractivity contribution in [2.75, 3.05) is 39.3 Å². The van der Waals surface area contributed by atoms with Gasteiger partial charge in [0.1, 0.15) is 0 Å². The number of rotatable bonds is 19. The van der Waals surface area contributed by atoms with Crippen molar-refractivity contribution >= 4 is 5.97 Å². The lowest BCUT2D eigenvalue weighted by molar-refractivity contribution is -0.151. The minimum Gasteiger partial charge on any atom is -0.371 e. The highest BCUT2D eigenvalue weighted by Gasteiger charge is 2.02. The lowest BCUT2D eigenvalue weighted by Gasteiger charge is -2.07. The monoisotopic (exact) mass is 344 g/mol. The molecule has 0 fully saturated rings. The predicted octanol–water partition coefficient (Wildman–Crippen LogP) is 2.09. The Bertz CT molecular complexity index is 241. The summed E-state index contributed by atoms with van der Waals surface area (Å²) >= 11 is 0. The molecule has 0 rings (SSSR count). The van der Waals surface area contributed by atoms with E-state index in [1.807, 2.05) is 0 Å². The molecule has 0 saturated carbocycles. The Morgan fingerprint density at radius 3 is 1.96 bits per heavy atom. The Kier molecular flexibility index (Phi) is 19.8. The van der Waals surface area contributed by atoms with E-state index in [1.54, 1.807) is 0 Å². The molecule has 0 amide bonds. The van der Waals surface area contributed by atoms with Crippen molar-refractivity contribution in [1.29, 1.82) is 0 Å². The topological polar surface area (TPSA) is 88.4 Å². The summed E-state index contributed by atoms with van der Waals surface area (Å²) < 4.78 is 0. The van der Waals surface area contributed by atoms with Crippen LogP contribution >= 0.6 is 0 Å². The van der Waals surface area contributed by atoms with Gasteiger partial charge in [-0.25, -0.2) is 0 Å². The Morgan fingerprint density at radius 1 is 0.792 bits per heavy atom. The fourth-order valence-corrected chi connectivity index (χ4v) is 2.43. The summed E-state index contributed by atoms with van der Waals surface area (Å²) in [6, 6.07) is 0. The third-order valence-electron chi connectivity index (χ3n) is 3.87. The maximum Gasteiger partial charge on any atom is 0.324 e. The molecule has 0 aromatic carbocycles. The summed E-state index contributed by atoms with van der Waals surface area (Å²) in [4.78, 5) is 16.5. The van der Waals surface area contributed by atoms with Crippen molar-refractivity contribution in [3.05, 3.63) is 0 Å². The Hall–Kier alpha value is -0.690. The van der Waals surface area contributed by atoms with Gasteiger partial charge in [0.2, 0.25) is 0 Å². The molecule has 0 unspecified atom stereocenters. The molecule has 0 radical (unpaired) electrons. The van der Waals surface area contributed by atoms with E-state index in [4.69, 9.17) is 10.6 Å². The summed E-state index contributed by atoms with van der Waals surface area (Å²) in [5, 5.41) is 6.45. The van der Waals surface area contributed by atoms with E-state index >= 15 is 0 Å². The smallest absolute Gasteiger partial charge is 0.324 e. The molecule has 0 atom stereocenters. The molecular formula is C18H40N4O2. The van der Waals surface area contributed by atoms with Gasteiger partial charge in [-0.3, -0.25) is 4.79 Å². The van der Waals surface area contributed by atoms with Gasteiger partial charge in [0, 0.05) is 45.7 Å². The molecule has 5 N–H and O–H groups in total. The number of carbonyl (C=O) groups is 1. The molecular weight excluding hydrogens is 304 g/mol. The number of unbranched alkanes of at least 4 members (excludes halogenated alkanes) is 8. The minimum absolute atomic E-state index is 0.150. The van der Waals surface area contributed by atoms with Gasteiger partial charge in [0.05, 0.1) is 0 Å². The number of nitrogens with one attached hydrogen (secondary N) is 3. The van der Waals surface area contributed by atoms with Crippen molar-refractivity contribution in [1.82, 2.24) is 16.1 Å². The van der Waals surface area contributed by atoms with Crippen LogP contribution in [0.4, 0.5) is 0 Å². The maximum atomic E-state index is 11.5. The minimum atomic E-state index is -0.150. The largest absolute Gasteiger partial charge is 0.371 e. The van der Waals surface area contributed by atoms with Gasteiger partial charge in [-0.05, 0) is 6.42 Å². The molecule has 24 heavy (non-hydrogen) atoms. The van der Waals surface area contributed by atoms with Gasteiger partial charge < -0.3 is 21.2 Å². The third-order valence-corrected chi connectivity index (χ3v) is 3.87. The highest BCUT2D eigenvalue weighted by Crippen LogP contribution is 2.10. The molecule has 0 bridgehead atoms. The normalized spacial score (nSPS) is 10.9. The first-order valence-corrected chi connectivity index (χ1v) is 9.85. The van der Waals surface area contributed by atoms with Crippen molar-refractivity contribution < 1.29 is 9.63 Å². The zero-order chi connectivity index (χ0) is 17.7. The van der Waals surface area contributed by atoms with E-state index in [1.165, 1.54) is 44.9 Å². The Balaban J connectivity index is 3.13. The van der Waals surface area contributed by atoms with Gasteiger partial charge in [-0.1, -0.05) is 58.3 Å². The average molecular weight is 345 g/mol. The van der Waals surface area contributed by atoms with Gasteiger partial charge in [0.25, 0.3) is 0 Å². The van der Waals surface area contributed by atoms with Gasteiger partial charge >= 0.3 is 5.97 Å². The summed E-state index contributed by atoms with van der Waals surface area (Å²) in [5.74, 6) is -0.150. The highest BCUT2D eigenvalue weighted by molar-refractivity contribution is 5.68. The first-order valence-electron chi connectivity index (χ1n) is 9.85. The van der Waals surface area contributed by atoms with E-state index in [9.17, 15) is 4.79 Å². The predicted molar refractivity (Wildman–Crippen MR) is 101 cm³/mol. The average Bonchev–Trinajstić information content (AvgIpc) is 2.59. The van der Waals surface area contributed by atoms with E-state index in [-0.39, 0.29) is 5.97 Å². The van der Waals surface area contributed by atoms with Crippen LogP contribution in [0.1, 0.15) is 71.1 Å². The standard InChI is InChI=1S/C18H40N4O2/c1-2-3-4-5-6-7-8-9-10-11-18(23)24-22-17-16-21-15-14-20-13-12-19/h20-22H,2-17,19H2,1H3. The van der Waals surface area contributed by atoms with Crippen molar-refractivity contribution in [3.8, 4) is 0 Å². The quantitative estimate of drug-likeness (QED) is 0.212. The molecule has 0 heterocycles. The van der Waals surface area contributed by atoms with Crippen LogP contribution in [0.2, 0.25) is 0 Å². The van der Waals surface area contributed by atoms with Crippen LogP contribution in [0.3, 0.4) is 0 Å². The van der Waals surface area contributed by atoms with E-state index in [0.717, 1.165) is 39.0 Å². The van der Waals surface area contributed by atoms with Gasteiger partial charge in [0.15, 0.2) is 0 Å². The number of hydrogen-bond donors (Lipinski definition) is 4. The zero-order valence-corrected chi connectivity index (χ0v) is 15.7. The number of hydroxylamine groups is 1. The van der Waals surface area contributed by atoms with Gasteiger partial charge in [-0.2, -0.15) is 5.48 Å². The molecule has 6 nitrogen and oxygen atoms in total. The second-order valence-corrected chi connectivity index (χ2v) is 6.24. The fraction of sp³-hybridized carbons (Fsp3) is 0.944. The van der Waals surface area contributed by atoms with Crippen LogP contribution in [0.15, 0.2) is 0 Å². The number of nitrogens with two attached hydrogens (primary N) is 1. The molecule has 144 valence electrons. The lowest BCUT2D eigenvalue weighted by atomic mass is 10.1. The summed E-state index contributed by atoms with van der Waals surface area (Å²) in [6.45, 7) is 6.93. The van der Waals surface area contributed by atoms with Crippen molar-refractivity contribution in [2.45, 2.75) is 71.1 Å². The van der Waals surface area contributed by atoms with Crippen LogP contribution < -0.4 is 21.8 Å². The first kappa shape index (κ1) is 23.3. The molecule has 6 heteroatoms. The van der Waals surface area contributed by atoms with Crippen LogP contribution in [-0.4, -0.2) is 45.2 Å². The van der Waals surface area contributed by atoms with Crippen LogP contribution in [-0.2, 0) is 9.63 Å². The number of carbonyl (C=O) groups excluding carboxylic acids is 1. The summed E-state index contributed by atoms with van der Waals surface area (Å²) in [5.41, 5.74) is 8.09. The van der Waals surface area contributed by atoms with Crippen LogP contribution in [0.5, 0.6) is 0 Å². The highest BCUT2D eigenvalue weighted by atomic mass is 16.7. The summed E-state index contributed by atoms with van der Waals surface area (Å²) in [6.07, 6.45) is 11.8. The SMILES string of the molecule is CCCCCCCCCCCC(=O)ONCCNCCNCCN. The second-order valence-electron chi connectivity index (χ2n) is 6.24. The molecule has 0 aliphatic heterocycles. The molecule has 0 aliphatic rings. The number of hydrogen-bond acceptors (Lipinski definition) is 6. The molecule has 0 saturated heterocycles. The maximum absolute atomic E-state index is 11.5. The third kappa shape index (κ3) is 19.4. The first-order chi connectivity index (χ1) is 11.8. The molecule has 0 spiro atoms. The van der Waals surface area contributed by atoms with Crippen molar-refractivity contribution in [3.63, 3.8) is 0 Å². The van der Waals surface area contributed by atoms with E-state index in [2.05, 4.69) is 23.0 Å². The Labute approximate surface area is 148 Å². The fourth-order valence-electron chi connectivity index (χ4n) is 2.43. The molecule has 0 aromatic heterocycles. The lowest BCUT2D eigenvalue weighted by Crippen LogP contribution is -2.34. The zero-order valence-electron chi connectivity index (χ0n) is 15.7. The van der Waals surface area contributed by atoms with E-state index in [0.29, 0.717) is 19.5 Å². The van der Waals surface area contributed by atoms with Crippen LogP contribution in [0, 0.1) is 0 Å². The molecule has 0 aliphatic carbocycles. The van der Waals surface area contributed by atoms with Crippen molar-refractivity contribution in [2.24, 2.45) is 5.73 Å². The van der Waals surface area contributed by atoms with Crippen LogP contribution in [0.25, 0.3) is 0 Å². The Morgan fingerprint density at radius 2 is 1.33 bits per heavy atom. The second kappa shape index (κ2) is 20.4.